The van der Waals surface area contributed by atoms with Crippen LogP contribution in [0.4, 0.5) is 5.69 Å². The highest BCUT2D eigenvalue weighted by molar-refractivity contribution is 7.90. The third-order valence-electron chi connectivity index (χ3n) is 4.37. The van der Waals surface area contributed by atoms with Gasteiger partial charge in [0.05, 0.1) is 19.4 Å². The number of aryl methyl sites for hydroxylation is 1. The van der Waals surface area contributed by atoms with Gasteiger partial charge in [0.15, 0.2) is 11.5 Å². The molecule has 0 aliphatic carbocycles. The summed E-state index contributed by atoms with van der Waals surface area (Å²) in [6.45, 7) is 4.16. The summed E-state index contributed by atoms with van der Waals surface area (Å²) in [6.07, 6.45) is 0. The van der Waals surface area contributed by atoms with E-state index in [-0.39, 0.29) is 13.1 Å². The molecule has 0 fully saturated rings. The van der Waals surface area contributed by atoms with Crippen molar-refractivity contribution in [1.29, 1.82) is 0 Å². The van der Waals surface area contributed by atoms with Crippen LogP contribution < -0.4 is 19.1 Å². The molecular weight excluding hydrogens is 406 g/mol. The van der Waals surface area contributed by atoms with E-state index in [0.717, 1.165) is 19.7 Å². The van der Waals surface area contributed by atoms with Crippen molar-refractivity contribution in [3.63, 3.8) is 0 Å². The normalized spacial score (nSPS) is 11.3. The van der Waals surface area contributed by atoms with Gasteiger partial charge < -0.3 is 14.8 Å². The Kier molecular flexibility index (Phi) is 8.08. The fourth-order valence-corrected chi connectivity index (χ4v) is 3.76. The van der Waals surface area contributed by atoms with Crippen LogP contribution in [-0.2, 0) is 21.5 Å². The molecule has 0 aliphatic rings. The third kappa shape index (κ3) is 5.87. The maximum atomic E-state index is 12.8. The summed E-state index contributed by atoms with van der Waals surface area (Å²) in [4.78, 5) is 12.6. The molecule has 1 N–H and O–H groups in total. The third-order valence-corrected chi connectivity index (χ3v) is 6.19. The van der Waals surface area contributed by atoms with Crippen molar-refractivity contribution < 1.29 is 22.7 Å². The number of amides is 1. The van der Waals surface area contributed by atoms with Crippen LogP contribution in [0.1, 0.15) is 18.1 Å². The molecule has 30 heavy (non-hydrogen) atoms. The van der Waals surface area contributed by atoms with Crippen molar-refractivity contribution in [2.75, 3.05) is 38.7 Å². The molecule has 0 aromatic heterocycles. The Morgan fingerprint density at radius 3 is 2.30 bits per heavy atom. The minimum Gasteiger partial charge on any atom is -0.493 e. The molecule has 8 nitrogen and oxygen atoms in total. The average Bonchev–Trinajstić information content (AvgIpc) is 2.71. The van der Waals surface area contributed by atoms with E-state index in [0.29, 0.717) is 23.8 Å². The maximum Gasteiger partial charge on any atom is 0.304 e. The SMILES string of the molecule is CCOc1cc(CNC(=O)CN(c2ccc(C)cc2)S(=O)(=O)N(C)C)ccc1OC. The standard InChI is InChI=1S/C21H29N3O5S/c1-6-29-20-13-17(9-12-19(20)28-5)14-22-21(25)15-24(30(26,27)23(3)4)18-10-7-16(2)8-11-18/h7-13H,6,14-15H2,1-5H3,(H,22,25). The summed E-state index contributed by atoms with van der Waals surface area (Å²) >= 11 is 0. The monoisotopic (exact) mass is 435 g/mol. The van der Waals surface area contributed by atoms with Gasteiger partial charge in [-0.25, -0.2) is 4.31 Å². The Balaban J connectivity index is 2.15. The van der Waals surface area contributed by atoms with Gasteiger partial charge in [0.2, 0.25) is 5.91 Å². The van der Waals surface area contributed by atoms with E-state index in [4.69, 9.17) is 9.47 Å². The summed E-state index contributed by atoms with van der Waals surface area (Å²) in [7, 11) is 0.586. The van der Waals surface area contributed by atoms with Gasteiger partial charge in [-0.3, -0.25) is 4.79 Å². The zero-order chi connectivity index (χ0) is 22.3. The van der Waals surface area contributed by atoms with Crippen molar-refractivity contribution in [1.82, 2.24) is 9.62 Å². The molecule has 0 radical (unpaired) electrons. The molecule has 0 saturated carbocycles. The van der Waals surface area contributed by atoms with Crippen molar-refractivity contribution >= 4 is 21.8 Å². The number of ether oxygens (including phenoxy) is 2. The molecule has 0 spiro atoms. The summed E-state index contributed by atoms with van der Waals surface area (Å²) in [5, 5.41) is 2.77. The highest BCUT2D eigenvalue weighted by Gasteiger charge is 2.27. The number of methoxy groups -OCH3 is 1. The number of benzene rings is 2. The molecule has 9 heteroatoms. The van der Waals surface area contributed by atoms with E-state index in [1.165, 1.54) is 14.1 Å². The van der Waals surface area contributed by atoms with E-state index in [1.54, 1.807) is 43.5 Å². The number of hydrogen-bond acceptors (Lipinski definition) is 5. The largest absolute Gasteiger partial charge is 0.493 e. The minimum atomic E-state index is -3.84. The first-order valence-electron chi connectivity index (χ1n) is 9.52. The zero-order valence-corrected chi connectivity index (χ0v) is 18.8. The van der Waals surface area contributed by atoms with E-state index >= 15 is 0 Å². The van der Waals surface area contributed by atoms with E-state index < -0.39 is 16.1 Å². The molecular formula is C21H29N3O5S. The lowest BCUT2D eigenvalue weighted by atomic mass is 10.2. The fraction of sp³-hybridized carbons (Fsp3) is 0.381. The maximum absolute atomic E-state index is 12.8. The molecule has 1 amide bonds. The smallest absolute Gasteiger partial charge is 0.304 e. The number of rotatable bonds is 10. The molecule has 164 valence electrons. The lowest BCUT2D eigenvalue weighted by Crippen LogP contribution is -2.45. The van der Waals surface area contributed by atoms with Crippen LogP contribution in [0, 0.1) is 6.92 Å². The van der Waals surface area contributed by atoms with Crippen molar-refractivity contribution in [3.8, 4) is 11.5 Å². The number of carbonyl (C=O) groups is 1. The van der Waals surface area contributed by atoms with Crippen LogP contribution >= 0.6 is 0 Å². The number of anilines is 1. The Hall–Kier alpha value is -2.78. The Morgan fingerprint density at radius 1 is 1.07 bits per heavy atom. The first kappa shape index (κ1) is 23.5. The number of nitrogens with zero attached hydrogens (tertiary/aromatic N) is 2. The quantitative estimate of drug-likeness (QED) is 0.619. The number of nitrogens with one attached hydrogen (secondary N) is 1. The second-order valence-electron chi connectivity index (χ2n) is 6.83. The zero-order valence-electron chi connectivity index (χ0n) is 18.0. The summed E-state index contributed by atoms with van der Waals surface area (Å²) in [5.74, 6) is 0.771. The van der Waals surface area contributed by atoms with Crippen molar-refractivity contribution in [3.05, 3.63) is 53.6 Å². The van der Waals surface area contributed by atoms with Crippen LogP contribution in [0.15, 0.2) is 42.5 Å². The van der Waals surface area contributed by atoms with Gasteiger partial charge >= 0.3 is 10.2 Å². The first-order valence-corrected chi connectivity index (χ1v) is 10.9. The van der Waals surface area contributed by atoms with E-state index in [2.05, 4.69) is 5.32 Å². The highest BCUT2D eigenvalue weighted by atomic mass is 32.2. The van der Waals surface area contributed by atoms with Gasteiger partial charge in [-0.1, -0.05) is 23.8 Å². The van der Waals surface area contributed by atoms with Gasteiger partial charge in [0.1, 0.15) is 6.54 Å². The van der Waals surface area contributed by atoms with Gasteiger partial charge in [-0.05, 0) is 43.7 Å². The van der Waals surface area contributed by atoms with Gasteiger partial charge in [0.25, 0.3) is 0 Å². The Morgan fingerprint density at radius 2 is 1.73 bits per heavy atom. The van der Waals surface area contributed by atoms with Crippen LogP contribution in [0.25, 0.3) is 0 Å². The summed E-state index contributed by atoms with van der Waals surface area (Å²) < 4.78 is 38.5. The second-order valence-corrected chi connectivity index (χ2v) is 8.89. The molecule has 0 unspecified atom stereocenters. The number of carbonyl (C=O) groups excluding carboxylic acids is 1. The average molecular weight is 436 g/mol. The van der Waals surface area contributed by atoms with Gasteiger partial charge in [-0.2, -0.15) is 12.7 Å². The van der Waals surface area contributed by atoms with Crippen LogP contribution in [0.3, 0.4) is 0 Å². The highest BCUT2D eigenvalue weighted by Crippen LogP contribution is 2.28. The van der Waals surface area contributed by atoms with Crippen molar-refractivity contribution in [2.45, 2.75) is 20.4 Å². The fourth-order valence-electron chi connectivity index (χ4n) is 2.70. The van der Waals surface area contributed by atoms with Crippen molar-refractivity contribution in [2.24, 2.45) is 0 Å². The molecule has 0 atom stereocenters. The van der Waals surface area contributed by atoms with Crippen LogP contribution in [0.2, 0.25) is 0 Å². The topological polar surface area (TPSA) is 88.2 Å². The predicted molar refractivity (Wildman–Crippen MR) is 117 cm³/mol. The van der Waals surface area contributed by atoms with E-state index in [9.17, 15) is 13.2 Å². The Bertz CT molecular complexity index is 959. The molecule has 0 heterocycles. The second kappa shape index (κ2) is 10.3. The van der Waals surface area contributed by atoms with Gasteiger partial charge in [-0.15, -0.1) is 0 Å². The first-order chi connectivity index (χ1) is 14.2. The van der Waals surface area contributed by atoms with Crippen LogP contribution in [0.5, 0.6) is 11.5 Å². The van der Waals surface area contributed by atoms with Crippen LogP contribution in [-0.4, -0.2) is 53.0 Å². The molecule has 2 aromatic carbocycles. The predicted octanol–water partition coefficient (Wildman–Crippen LogP) is 2.33. The molecule has 0 saturated heterocycles. The summed E-state index contributed by atoms with van der Waals surface area (Å²) in [6, 6.07) is 12.3. The Labute approximate surface area is 178 Å². The molecule has 0 aliphatic heterocycles. The lowest BCUT2D eigenvalue weighted by molar-refractivity contribution is -0.119. The van der Waals surface area contributed by atoms with E-state index in [1.807, 2.05) is 19.9 Å². The number of hydrogen-bond donors (Lipinski definition) is 1. The lowest BCUT2D eigenvalue weighted by Gasteiger charge is -2.27. The minimum absolute atomic E-state index is 0.229. The van der Waals surface area contributed by atoms with Gasteiger partial charge in [0, 0.05) is 20.6 Å². The molecule has 2 aromatic rings. The summed E-state index contributed by atoms with van der Waals surface area (Å²) in [5.41, 5.74) is 2.23. The molecule has 2 rings (SSSR count). The molecule has 0 bridgehead atoms.